The smallest absolute Gasteiger partial charge is 0.0596 e. The summed E-state index contributed by atoms with van der Waals surface area (Å²) < 4.78 is 2.01. The third kappa shape index (κ3) is 2.85. The number of rotatable bonds is 5. The summed E-state index contributed by atoms with van der Waals surface area (Å²) in [6.45, 7) is 10.0. The maximum Gasteiger partial charge on any atom is 0.0596 e. The molecule has 1 rings (SSSR count). The Morgan fingerprint density at radius 2 is 2.12 bits per heavy atom. The Morgan fingerprint density at radius 3 is 2.50 bits per heavy atom. The fourth-order valence-electron chi connectivity index (χ4n) is 2.12. The first-order valence-corrected chi connectivity index (χ1v) is 6.03. The normalized spacial score (nSPS) is 15.4. The number of hydrogen-bond donors (Lipinski definition) is 1. The van der Waals surface area contributed by atoms with Gasteiger partial charge in [-0.05, 0) is 37.8 Å². The van der Waals surface area contributed by atoms with E-state index >= 15 is 0 Å². The summed E-state index contributed by atoms with van der Waals surface area (Å²) in [5.41, 5.74) is 2.71. The van der Waals surface area contributed by atoms with Crippen LogP contribution >= 0.6 is 0 Å². The monoisotopic (exact) mass is 223 g/mol. The summed E-state index contributed by atoms with van der Waals surface area (Å²) in [6, 6.07) is 2.19. The zero-order valence-corrected chi connectivity index (χ0v) is 11.5. The molecule has 0 aliphatic heterocycles. The van der Waals surface area contributed by atoms with Crippen molar-refractivity contribution in [1.82, 2.24) is 15.1 Å². The van der Waals surface area contributed by atoms with E-state index in [1.807, 2.05) is 25.7 Å². The molecular weight excluding hydrogens is 198 g/mol. The molecule has 1 aromatic rings. The molecule has 1 heterocycles. The minimum atomic E-state index is 0.287. The van der Waals surface area contributed by atoms with Crippen LogP contribution in [-0.4, -0.2) is 23.4 Å². The third-order valence-electron chi connectivity index (χ3n) is 3.66. The van der Waals surface area contributed by atoms with Crippen LogP contribution in [0.2, 0.25) is 0 Å². The van der Waals surface area contributed by atoms with Gasteiger partial charge >= 0.3 is 0 Å². The number of aryl methyl sites for hydroxylation is 2. The molecule has 0 aliphatic rings. The van der Waals surface area contributed by atoms with Gasteiger partial charge in [-0.3, -0.25) is 4.68 Å². The lowest BCUT2D eigenvalue weighted by Crippen LogP contribution is -2.37. The van der Waals surface area contributed by atoms with Crippen molar-refractivity contribution >= 4 is 0 Å². The van der Waals surface area contributed by atoms with Gasteiger partial charge in [0.15, 0.2) is 0 Å². The topological polar surface area (TPSA) is 29.9 Å². The quantitative estimate of drug-likeness (QED) is 0.829. The molecule has 0 saturated carbocycles. The fraction of sp³-hybridized carbons (Fsp3) is 0.769. The van der Waals surface area contributed by atoms with Crippen molar-refractivity contribution in [3.8, 4) is 0 Å². The predicted molar refractivity (Wildman–Crippen MR) is 68.5 cm³/mol. The van der Waals surface area contributed by atoms with Crippen molar-refractivity contribution in [3.63, 3.8) is 0 Å². The van der Waals surface area contributed by atoms with Crippen molar-refractivity contribution in [2.45, 2.75) is 34.1 Å². The standard InChI is InChI=1S/C13H25N3/c1-10(2)13(4,9-14-5)8-12-7-11(3)15-16(12)6/h7,10,14H,8-9H2,1-6H3. The molecule has 3 heteroatoms. The van der Waals surface area contributed by atoms with Gasteiger partial charge in [0, 0.05) is 19.3 Å². The molecule has 0 spiro atoms. The molecule has 0 amide bonds. The second-order valence-electron chi connectivity index (χ2n) is 5.42. The Morgan fingerprint density at radius 1 is 1.50 bits per heavy atom. The van der Waals surface area contributed by atoms with Crippen LogP contribution in [0.3, 0.4) is 0 Å². The van der Waals surface area contributed by atoms with E-state index in [4.69, 9.17) is 0 Å². The number of nitrogens with zero attached hydrogens (tertiary/aromatic N) is 2. The van der Waals surface area contributed by atoms with Gasteiger partial charge in [0.2, 0.25) is 0 Å². The molecule has 0 aromatic carbocycles. The van der Waals surface area contributed by atoms with Crippen LogP contribution in [0.4, 0.5) is 0 Å². The SMILES string of the molecule is CNCC(C)(Cc1cc(C)nn1C)C(C)C. The molecular formula is C13H25N3. The predicted octanol–water partition coefficient (Wildman–Crippen LogP) is 2.15. The van der Waals surface area contributed by atoms with Crippen LogP contribution in [0.5, 0.6) is 0 Å². The maximum atomic E-state index is 4.41. The summed E-state index contributed by atoms with van der Waals surface area (Å²) >= 11 is 0. The van der Waals surface area contributed by atoms with Crippen LogP contribution in [0.15, 0.2) is 6.07 Å². The Bertz CT molecular complexity index is 341. The van der Waals surface area contributed by atoms with E-state index in [1.54, 1.807) is 0 Å². The molecule has 3 nitrogen and oxygen atoms in total. The first-order valence-electron chi connectivity index (χ1n) is 6.03. The molecule has 0 aliphatic carbocycles. The highest BCUT2D eigenvalue weighted by molar-refractivity contribution is 5.11. The maximum absolute atomic E-state index is 4.41. The molecule has 1 unspecified atom stereocenters. The number of aromatic nitrogens is 2. The van der Waals surface area contributed by atoms with E-state index in [9.17, 15) is 0 Å². The summed E-state index contributed by atoms with van der Waals surface area (Å²) in [5, 5.41) is 7.72. The first kappa shape index (κ1) is 13.2. The average molecular weight is 223 g/mol. The van der Waals surface area contributed by atoms with Crippen molar-refractivity contribution in [3.05, 3.63) is 17.5 Å². The molecule has 16 heavy (non-hydrogen) atoms. The molecule has 0 saturated heterocycles. The van der Waals surface area contributed by atoms with Gasteiger partial charge in [0.1, 0.15) is 0 Å². The fourth-order valence-corrected chi connectivity index (χ4v) is 2.12. The number of nitrogens with one attached hydrogen (secondary N) is 1. The highest BCUT2D eigenvalue weighted by atomic mass is 15.3. The summed E-state index contributed by atoms with van der Waals surface area (Å²) in [7, 11) is 4.05. The van der Waals surface area contributed by atoms with E-state index in [2.05, 4.69) is 37.3 Å². The van der Waals surface area contributed by atoms with Crippen LogP contribution in [-0.2, 0) is 13.5 Å². The van der Waals surface area contributed by atoms with Gasteiger partial charge < -0.3 is 5.32 Å². The van der Waals surface area contributed by atoms with Crippen molar-refractivity contribution < 1.29 is 0 Å². The van der Waals surface area contributed by atoms with Crippen molar-refractivity contribution in [1.29, 1.82) is 0 Å². The highest BCUT2D eigenvalue weighted by Gasteiger charge is 2.29. The molecule has 1 atom stereocenters. The average Bonchev–Trinajstić information content (AvgIpc) is 2.45. The van der Waals surface area contributed by atoms with E-state index in [-0.39, 0.29) is 5.41 Å². The van der Waals surface area contributed by atoms with E-state index < -0.39 is 0 Å². The Kier molecular flexibility index (Phi) is 4.14. The van der Waals surface area contributed by atoms with Gasteiger partial charge in [0.05, 0.1) is 5.69 Å². The van der Waals surface area contributed by atoms with Crippen LogP contribution < -0.4 is 5.32 Å². The van der Waals surface area contributed by atoms with Crippen LogP contribution in [0.1, 0.15) is 32.2 Å². The molecule has 1 N–H and O–H groups in total. The van der Waals surface area contributed by atoms with E-state index in [0.29, 0.717) is 5.92 Å². The first-order chi connectivity index (χ1) is 7.39. The van der Waals surface area contributed by atoms with Gasteiger partial charge in [0.25, 0.3) is 0 Å². The zero-order valence-electron chi connectivity index (χ0n) is 11.5. The zero-order chi connectivity index (χ0) is 12.3. The Labute approximate surface area is 99.2 Å². The Balaban J connectivity index is 2.87. The van der Waals surface area contributed by atoms with Crippen LogP contribution in [0.25, 0.3) is 0 Å². The van der Waals surface area contributed by atoms with Gasteiger partial charge in [-0.15, -0.1) is 0 Å². The van der Waals surface area contributed by atoms with Gasteiger partial charge in [-0.25, -0.2) is 0 Å². The molecule has 0 bridgehead atoms. The van der Waals surface area contributed by atoms with Crippen LogP contribution in [0, 0.1) is 18.3 Å². The minimum Gasteiger partial charge on any atom is -0.319 e. The van der Waals surface area contributed by atoms with Gasteiger partial charge in [-0.2, -0.15) is 5.10 Å². The largest absolute Gasteiger partial charge is 0.319 e. The lowest BCUT2D eigenvalue weighted by Gasteiger charge is -2.33. The minimum absolute atomic E-state index is 0.287. The molecule has 92 valence electrons. The number of hydrogen-bond acceptors (Lipinski definition) is 2. The van der Waals surface area contributed by atoms with Crippen molar-refractivity contribution in [2.75, 3.05) is 13.6 Å². The highest BCUT2D eigenvalue weighted by Crippen LogP contribution is 2.30. The molecule has 1 aromatic heterocycles. The van der Waals surface area contributed by atoms with E-state index in [0.717, 1.165) is 18.7 Å². The molecule has 0 fully saturated rings. The van der Waals surface area contributed by atoms with Gasteiger partial charge in [-0.1, -0.05) is 20.8 Å². The third-order valence-corrected chi connectivity index (χ3v) is 3.66. The lowest BCUT2D eigenvalue weighted by atomic mass is 9.75. The lowest BCUT2D eigenvalue weighted by molar-refractivity contribution is 0.208. The summed E-state index contributed by atoms with van der Waals surface area (Å²) in [6.07, 6.45) is 1.07. The van der Waals surface area contributed by atoms with E-state index in [1.165, 1.54) is 5.69 Å². The molecule has 0 radical (unpaired) electrons. The Hall–Kier alpha value is -0.830. The van der Waals surface area contributed by atoms with Crippen molar-refractivity contribution in [2.24, 2.45) is 18.4 Å². The second-order valence-corrected chi connectivity index (χ2v) is 5.42. The summed E-state index contributed by atoms with van der Waals surface area (Å²) in [5.74, 6) is 0.648. The summed E-state index contributed by atoms with van der Waals surface area (Å²) in [4.78, 5) is 0. The second kappa shape index (κ2) is 5.00.